The fourth-order valence-corrected chi connectivity index (χ4v) is 1.53. The first-order valence-corrected chi connectivity index (χ1v) is 5.40. The summed E-state index contributed by atoms with van der Waals surface area (Å²) in [4.78, 5) is 0. The second kappa shape index (κ2) is 4.08. The van der Waals surface area contributed by atoms with Gasteiger partial charge in [0.05, 0.1) is 0 Å². The topological polar surface area (TPSA) is 0 Å². The summed E-state index contributed by atoms with van der Waals surface area (Å²) in [6, 6.07) is 6.69. The molecule has 0 radical (unpaired) electrons. The number of alkyl halides is 1. The maximum Gasteiger partial charge on any atom is 0.00975 e. The van der Waals surface area contributed by atoms with Crippen LogP contribution >= 0.6 is 15.9 Å². The molecule has 1 heteroatoms. The lowest BCUT2D eigenvalue weighted by Crippen LogP contribution is -1.95. The van der Waals surface area contributed by atoms with E-state index in [1.807, 2.05) is 0 Å². The normalized spacial score (nSPS) is 13.0. The first-order chi connectivity index (χ1) is 5.65. The Balaban J connectivity index is 2.96. The van der Waals surface area contributed by atoms with E-state index >= 15 is 0 Å². The van der Waals surface area contributed by atoms with Crippen LogP contribution in [-0.4, -0.2) is 5.33 Å². The van der Waals surface area contributed by atoms with Crippen LogP contribution in [0, 0.1) is 13.8 Å². The summed E-state index contributed by atoms with van der Waals surface area (Å²) in [5.41, 5.74) is 4.19. The van der Waals surface area contributed by atoms with E-state index < -0.39 is 0 Å². The fourth-order valence-electron chi connectivity index (χ4n) is 1.16. The number of aryl methyl sites for hydroxylation is 2. The molecule has 1 atom stereocenters. The van der Waals surface area contributed by atoms with Gasteiger partial charge in [0.2, 0.25) is 0 Å². The second-order valence-corrected chi connectivity index (χ2v) is 4.05. The van der Waals surface area contributed by atoms with Crippen molar-refractivity contribution in [3.05, 3.63) is 34.9 Å². The van der Waals surface area contributed by atoms with E-state index in [2.05, 4.69) is 54.9 Å². The van der Waals surface area contributed by atoms with Crippen LogP contribution in [0.4, 0.5) is 0 Å². The van der Waals surface area contributed by atoms with Gasteiger partial charge in [0.25, 0.3) is 0 Å². The fraction of sp³-hybridized carbons (Fsp3) is 0.455. The maximum absolute atomic E-state index is 3.49. The van der Waals surface area contributed by atoms with Crippen LogP contribution in [0.3, 0.4) is 0 Å². The number of benzene rings is 1. The van der Waals surface area contributed by atoms with Crippen molar-refractivity contribution in [1.82, 2.24) is 0 Å². The van der Waals surface area contributed by atoms with Gasteiger partial charge in [0, 0.05) is 5.33 Å². The number of hydrogen-bond donors (Lipinski definition) is 0. The molecular formula is C11H15Br. The molecule has 0 saturated carbocycles. The minimum Gasteiger partial charge on any atom is -0.0922 e. The minimum atomic E-state index is 0.615. The molecule has 1 unspecified atom stereocenters. The van der Waals surface area contributed by atoms with Crippen LogP contribution in [0.2, 0.25) is 0 Å². The van der Waals surface area contributed by atoms with Crippen molar-refractivity contribution in [2.45, 2.75) is 26.7 Å². The third kappa shape index (κ3) is 2.10. The Morgan fingerprint density at radius 3 is 2.42 bits per heavy atom. The highest BCUT2D eigenvalue weighted by Crippen LogP contribution is 2.19. The van der Waals surface area contributed by atoms with Crippen LogP contribution in [0.1, 0.15) is 29.5 Å². The monoisotopic (exact) mass is 226 g/mol. The van der Waals surface area contributed by atoms with Crippen molar-refractivity contribution < 1.29 is 0 Å². The summed E-state index contributed by atoms with van der Waals surface area (Å²) in [6.45, 7) is 6.55. The van der Waals surface area contributed by atoms with Crippen molar-refractivity contribution in [2.24, 2.45) is 0 Å². The largest absolute Gasteiger partial charge is 0.0922 e. The van der Waals surface area contributed by atoms with Crippen molar-refractivity contribution in [2.75, 3.05) is 5.33 Å². The summed E-state index contributed by atoms with van der Waals surface area (Å²) >= 11 is 3.49. The van der Waals surface area contributed by atoms with Crippen molar-refractivity contribution in [3.8, 4) is 0 Å². The van der Waals surface area contributed by atoms with E-state index in [0.29, 0.717) is 5.92 Å². The van der Waals surface area contributed by atoms with Crippen LogP contribution < -0.4 is 0 Å². The van der Waals surface area contributed by atoms with E-state index in [-0.39, 0.29) is 0 Å². The Morgan fingerprint density at radius 2 is 1.92 bits per heavy atom. The molecule has 0 spiro atoms. The average Bonchev–Trinajstić information content (AvgIpc) is 2.08. The van der Waals surface area contributed by atoms with E-state index in [4.69, 9.17) is 0 Å². The minimum absolute atomic E-state index is 0.615. The lowest BCUT2D eigenvalue weighted by molar-refractivity contribution is 0.885. The number of rotatable bonds is 2. The average molecular weight is 227 g/mol. The molecule has 0 bridgehead atoms. The van der Waals surface area contributed by atoms with Gasteiger partial charge in [0.1, 0.15) is 0 Å². The van der Waals surface area contributed by atoms with Crippen molar-refractivity contribution in [1.29, 1.82) is 0 Å². The first-order valence-electron chi connectivity index (χ1n) is 4.28. The summed E-state index contributed by atoms with van der Waals surface area (Å²) in [7, 11) is 0. The third-order valence-corrected chi connectivity index (χ3v) is 3.30. The molecule has 0 saturated heterocycles. The van der Waals surface area contributed by atoms with Gasteiger partial charge >= 0.3 is 0 Å². The molecule has 0 N–H and O–H groups in total. The predicted octanol–water partition coefficient (Wildman–Crippen LogP) is 3.80. The van der Waals surface area contributed by atoms with Crippen LogP contribution in [-0.2, 0) is 0 Å². The summed E-state index contributed by atoms with van der Waals surface area (Å²) in [6.07, 6.45) is 0. The standard InChI is InChI=1S/C11H15Br/c1-8-4-5-11(6-9(8)2)10(3)7-12/h4-6,10H,7H2,1-3H3. The van der Waals surface area contributed by atoms with Gasteiger partial charge in [0.15, 0.2) is 0 Å². The number of halogens is 1. The molecule has 0 aromatic heterocycles. The molecule has 12 heavy (non-hydrogen) atoms. The molecule has 0 amide bonds. The molecule has 0 heterocycles. The van der Waals surface area contributed by atoms with E-state index in [0.717, 1.165) is 5.33 Å². The maximum atomic E-state index is 3.49. The Kier molecular flexibility index (Phi) is 3.33. The van der Waals surface area contributed by atoms with Gasteiger partial charge in [-0.3, -0.25) is 0 Å². The SMILES string of the molecule is Cc1ccc(C(C)CBr)cc1C. The zero-order valence-electron chi connectivity index (χ0n) is 7.89. The van der Waals surface area contributed by atoms with Crippen LogP contribution in [0.15, 0.2) is 18.2 Å². The predicted molar refractivity (Wildman–Crippen MR) is 58.1 cm³/mol. The molecule has 0 fully saturated rings. The van der Waals surface area contributed by atoms with Gasteiger partial charge in [-0.25, -0.2) is 0 Å². The molecule has 0 aliphatic carbocycles. The van der Waals surface area contributed by atoms with Gasteiger partial charge in [-0.15, -0.1) is 0 Å². The molecule has 1 aromatic rings. The highest BCUT2D eigenvalue weighted by Gasteiger charge is 2.03. The molecule has 0 nitrogen and oxygen atoms in total. The van der Waals surface area contributed by atoms with Gasteiger partial charge in [-0.05, 0) is 36.5 Å². The molecule has 0 aliphatic heterocycles. The second-order valence-electron chi connectivity index (χ2n) is 3.40. The molecule has 66 valence electrons. The van der Waals surface area contributed by atoms with Crippen molar-refractivity contribution >= 4 is 15.9 Å². The van der Waals surface area contributed by atoms with Gasteiger partial charge < -0.3 is 0 Å². The summed E-state index contributed by atoms with van der Waals surface area (Å²) in [5.74, 6) is 0.615. The van der Waals surface area contributed by atoms with Gasteiger partial charge in [-0.1, -0.05) is 41.1 Å². The molecular weight excluding hydrogens is 212 g/mol. The lowest BCUT2D eigenvalue weighted by atomic mass is 9.99. The smallest absolute Gasteiger partial charge is 0.00975 e. The van der Waals surface area contributed by atoms with E-state index in [1.54, 1.807) is 0 Å². The zero-order valence-corrected chi connectivity index (χ0v) is 9.48. The zero-order chi connectivity index (χ0) is 9.14. The Morgan fingerprint density at radius 1 is 1.25 bits per heavy atom. The third-order valence-electron chi connectivity index (χ3n) is 2.33. The highest BCUT2D eigenvalue weighted by molar-refractivity contribution is 9.09. The van der Waals surface area contributed by atoms with E-state index in [1.165, 1.54) is 16.7 Å². The van der Waals surface area contributed by atoms with Gasteiger partial charge in [-0.2, -0.15) is 0 Å². The van der Waals surface area contributed by atoms with E-state index in [9.17, 15) is 0 Å². The molecule has 1 aromatic carbocycles. The summed E-state index contributed by atoms with van der Waals surface area (Å²) in [5, 5.41) is 1.04. The molecule has 1 rings (SSSR count). The summed E-state index contributed by atoms with van der Waals surface area (Å²) < 4.78 is 0. The van der Waals surface area contributed by atoms with Crippen molar-refractivity contribution in [3.63, 3.8) is 0 Å². The Labute approximate surface area is 83.1 Å². The Hall–Kier alpha value is -0.300. The van der Waals surface area contributed by atoms with Crippen LogP contribution in [0.25, 0.3) is 0 Å². The number of hydrogen-bond acceptors (Lipinski definition) is 0. The lowest BCUT2D eigenvalue weighted by Gasteiger charge is -2.09. The van der Waals surface area contributed by atoms with Crippen LogP contribution in [0.5, 0.6) is 0 Å². The Bertz CT molecular complexity index is 266. The quantitative estimate of drug-likeness (QED) is 0.674. The molecule has 0 aliphatic rings. The first kappa shape index (κ1) is 9.79. The highest BCUT2D eigenvalue weighted by atomic mass is 79.9.